The molecule has 0 aliphatic carbocycles. The van der Waals surface area contributed by atoms with Crippen LogP contribution >= 0.6 is 22.6 Å². The molecule has 1 aromatic heterocycles. The van der Waals surface area contributed by atoms with E-state index in [1.165, 1.54) is 0 Å². The smallest absolute Gasteiger partial charge is 0.320 e. The number of carbonyl (C=O) groups is 2. The van der Waals surface area contributed by atoms with E-state index < -0.39 is 12.0 Å². The minimum atomic E-state index is -0.840. The number of morpholine rings is 1. The molecule has 1 aromatic carbocycles. The number of likely N-dealkylation sites (N-methyl/N-ethyl adjacent to an activating group) is 1. The highest BCUT2D eigenvalue weighted by Gasteiger charge is 2.23. The van der Waals surface area contributed by atoms with Gasteiger partial charge in [0.05, 0.1) is 33.9 Å². The predicted molar refractivity (Wildman–Crippen MR) is 160 cm³/mol. The lowest BCUT2D eigenvalue weighted by molar-refractivity contribution is -0.140. The standard InChI is InChI=1S/C29H39IN4O4/c1-7-22(13-19(4)27(35)20(5)30)28-32-24-14-21(15-31-25(29(36)37)12-18(2)3)8-9-26(24)34(28)17-23-16-33(6)10-11-38-23/h7-9,13-14,18,23,25,31H,5,10-12,15-17H2,1-4,6H3,(H,36,37)/b19-13-,22-7+/t23?,25-/m0/s1. The van der Waals surface area contributed by atoms with Gasteiger partial charge in [0.1, 0.15) is 11.9 Å². The molecule has 0 spiro atoms. The van der Waals surface area contributed by atoms with Crippen molar-refractivity contribution in [1.82, 2.24) is 19.8 Å². The lowest BCUT2D eigenvalue weighted by atomic mass is 10.0. The average molecular weight is 635 g/mol. The van der Waals surface area contributed by atoms with Crippen molar-refractivity contribution < 1.29 is 19.4 Å². The first-order chi connectivity index (χ1) is 18.0. The molecule has 206 valence electrons. The lowest BCUT2D eigenvalue weighted by Gasteiger charge is -2.30. The van der Waals surface area contributed by atoms with Crippen LogP contribution < -0.4 is 5.32 Å². The van der Waals surface area contributed by atoms with E-state index in [2.05, 4.69) is 28.4 Å². The summed E-state index contributed by atoms with van der Waals surface area (Å²) in [5.41, 5.74) is 4.18. The van der Waals surface area contributed by atoms with E-state index in [1.807, 2.05) is 73.7 Å². The number of hydrogen-bond donors (Lipinski definition) is 2. The quantitative estimate of drug-likeness (QED) is 0.196. The molecule has 1 aliphatic heterocycles. The first kappa shape index (κ1) is 30.2. The van der Waals surface area contributed by atoms with Crippen LogP contribution in [0.1, 0.15) is 45.5 Å². The summed E-state index contributed by atoms with van der Waals surface area (Å²) in [6.07, 6.45) is 4.40. The minimum Gasteiger partial charge on any atom is -0.480 e. The second-order valence-electron chi connectivity index (χ2n) is 10.3. The van der Waals surface area contributed by atoms with Gasteiger partial charge in [-0.05, 0) is 85.2 Å². The number of nitrogens with zero attached hydrogens (tertiary/aromatic N) is 3. The number of carbonyl (C=O) groups excluding carboxylic acids is 1. The van der Waals surface area contributed by atoms with Crippen molar-refractivity contribution in [2.45, 2.75) is 59.4 Å². The number of nitrogens with one attached hydrogen (secondary N) is 1. The van der Waals surface area contributed by atoms with Crippen LogP contribution in [-0.4, -0.2) is 70.2 Å². The van der Waals surface area contributed by atoms with Crippen molar-refractivity contribution in [2.24, 2.45) is 5.92 Å². The molecule has 9 heteroatoms. The Morgan fingerprint density at radius 3 is 2.71 bits per heavy atom. The molecule has 0 saturated carbocycles. The number of ether oxygens (including phenoxy) is 1. The maximum atomic E-state index is 12.5. The van der Waals surface area contributed by atoms with Gasteiger partial charge >= 0.3 is 5.97 Å². The Morgan fingerprint density at radius 1 is 1.37 bits per heavy atom. The summed E-state index contributed by atoms with van der Waals surface area (Å²) in [7, 11) is 2.09. The molecule has 3 rings (SSSR count). The van der Waals surface area contributed by atoms with Gasteiger partial charge in [0.15, 0.2) is 5.78 Å². The van der Waals surface area contributed by atoms with Crippen LogP contribution in [0.15, 0.2) is 46.1 Å². The minimum absolute atomic E-state index is 0.0116. The van der Waals surface area contributed by atoms with Gasteiger partial charge < -0.3 is 24.6 Å². The molecule has 1 saturated heterocycles. The van der Waals surface area contributed by atoms with Gasteiger partial charge in [-0.3, -0.25) is 9.59 Å². The number of hydrogen-bond acceptors (Lipinski definition) is 6. The fraction of sp³-hybridized carbons (Fsp3) is 0.483. The van der Waals surface area contributed by atoms with Gasteiger partial charge in [-0.15, -0.1) is 0 Å². The average Bonchev–Trinajstić information content (AvgIpc) is 3.21. The van der Waals surface area contributed by atoms with Crippen molar-refractivity contribution in [2.75, 3.05) is 26.7 Å². The van der Waals surface area contributed by atoms with Gasteiger partial charge in [0.25, 0.3) is 0 Å². The van der Waals surface area contributed by atoms with Gasteiger partial charge in [0, 0.05) is 25.2 Å². The number of ketones is 1. The van der Waals surface area contributed by atoms with Gasteiger partial charge in [0.2, 0.25) is 0 Å². The number of aliphatic carboxylic acids is 1. The summed E-state index contributed by atoms with van der Waals surface area (Å²) in [6.45, 7) is 15.0. The number of rotatable bonds is 12. The molecule has 1 aliphatic rings. The number of carboxylic acids is 1. The Hall–Kier alpha value is -2.34. The Bertz CT molecular complexity index is 1250. The molecule has 8 nitrogen and oxygen atoms in total. The maximum Gasteiger partial charge on any atom is 0.320 e. The van der Waals surface area contributed by atoms with Crippen molar-refractivity contribution in [3.63, 3.8) is 0 Å². The summed E-state index contributed by atoms with van der Waals surface area (Å²) in [6, 6.07) is 5.45. The molecule has 0 radical (unpaired) electrons. The van der Waals surface area contributed by atoms with E-state index in [-0.39, 0.29) is 17.8 Å². The van der Waals surface area contributed by atoms with Crippen LogP contribution in [0.3, 0.4) is 0 Å². The van der Waals surface area contributed by atoms with Crippen LogP contribution in [0.2, 0.25) is 0 Å². The number of fused-ring (bicyclic) bond motifs is 1. The van der Waals surface area contributed by atoms with Crippen molar-refractivity contribution in [1.29, 1.82) is 0 Å². The van der Waals surface area contributed by atoms with E-state index in [0.29, 0.717) is 35.3 Å². The molecule has 2 atom stereocenters. The highest BCUT2D eigenvalue weighted by molar-refractivity contribution is 14.1. The topological polar surface area (TPSA) is 96.7 Å². The second kappa shape index (κ2) is 13.6. The number of benzene rings is 1. The molecule has 0 amide bonds. The zero-order valence-electron chi connectivity index (χ0n) is 23.0. The Labute approximate surface area is 239 Å². The number of carboxylic acid groups (broad SMARTS) is 1. The van der Waals surface area contributed by atoms with E-state index >= 15 is 0 Å². The highest BCUT2D eigenvalue weighted by Crippen LogP contribution is 2.27. The normalized spacial score (nSPS) is 18.2. The van der Waals surface area contributed by atoms with Crippen LogP contribution in [0.4, 0.5) is 0 Å². The molecule has 2 aromatic rings. The van der Waals surface area contributed by atoms with E-state index in [0.717, 1.165) is 41.1 Å². The van der Waals surface area contributed by atoms with E-state index in [9.17, 15) is 14.7 Å². The fourth-order valence-electron chi connectivity index (χ4n) is 4.65. The van der Waals surface area contributed by atoms with Crippen molar-refractivity contribution in [3.05, 3.63) is 57.5 Å². The van der Waals surface area contributed by atoms with Crippen LogP contribution in [0.25, 0.3) is 16.6 Å². The second-order valence-corrected chi connectivity index (χ2v) is 11.6. The fourth-order valence-corrected chi connectivity index (χ4v) is 5.07. The zero-order valence-corrected chi connectivity index (χ0v) is 25.1. The SMILES string of the molecule is C=C(I)C(=O)/C(C)=C\C(=C/C)c1nc2cc(CN[C@@H](CC(C)C)C(=O)O)ccc2n1CC1CN(C)CCO1. The Kier molecular flexibility index (Phi) is 10.8. The summed E-state index contributed by atoms with van der Waals surface area (Å²) in [5.74, 6) is 0.108. The van der Waals surface area contributed by atoms with Crippen LogP contribution in [0.5, 0.6) is 0 Å². The third-order valence-corrected chi connectivity index (χ3v) is 7.13. The molecular weight excluding hydrogens is 595 g/mol. The van der Waals surface area contributed by atoms with Crippen LogP contribution in [0, 0.1) is 5.92 Å². The summed E-state index contributed by atoms with van der Waals surface area (Å²) >= 11 is 1.95. The highest BCUT2D eigenvalue weighted by atomic mass is 127. The molecule has 2 heterocycles. The molecular formula is C29H39IN4O4. The number of aromatic nitrogens is 2. The Balaban J connectivity index is 1.99. The third-order valence-electron chi connectivity index (χ3n) is 6.64. The van der Waals surface area contributed by atoms with E-state index in [4.69, 9.17) is 9.72 Å². The third kappa shape index (κ3) is 7.84. The van der Waals surface area contributed by atoms with Crippen LogP contribution in [-0.2, 0) is 27.4 Å². The first-order valence-electron chi connectivity index (χ1n) is 13.0. The first-order valence-corrected chi connectivity index (χ1v) is 14.1. The number of Topliss-reactive ketones (excluding diaryl/α,β-unsaturated/α-hetero) is 1. The molecule has 2 N–H and O–H groups in total. The van der Waals surface area contributed by atoms with Crippen molar-refractivity contribution >= 4 is 50.9 Å². The van der Waals surface area contributed by atoms with E-state index in [1.54, 1.807) is 6.92 Å². The van der Waals surface area contributed by atoms with Gasteiger partial charge in [-0.2, -0.15) is 0 Å². The molecule has 0 bridgehead atoms. The van der Waals surface area contributed by atoms with Gasteiger partial charge in [-0.1, -0.05) is 32.6 Å². The maximum absolute atomic E-state index is 12.5. The number of imidazole rings is 1. The summed E-state index contributed by atoms with van der Waals surface area (Å²) in [5, 5.41) is 12.8. The molecule has 1 fully saturated rings. The zero-order chi connectivity index (χ0) is 28.0. The number of halogens is 1. The Morgan fingerprint density at radius 2 is 2.11 bits per heavy atom. The molecule has 38 heavy (non-hydrogen) atoms. The monoisotopic (exact) mass is 634 g/mol. The lowest BCUT2D eigenvalue weighted by Crippen LogP contribution is -2.42. The largest absolute Gasteiger partial charge is 0.480 e. The van der Waals surface area contributed by atoms with Gasteiger partial charge in [-0.25, -0.2) is 4.98 Å². The summed E-state index contributed by atoms with van der Waals surface area (Å²) < 4.78 is 8.71. The predicted octanol–water partition coefficient (Wildman–Crippen LogP) is 4.82. The summed E-state index contributed by atoms with van der Waals surface area (Å²) in [4.78, 5) is 31.5. The van der Waals surface area contributed by atoms with Crippen molar-refractivity contribution in [3.8, 4) is 0 Å². The number of allylic oxidation sites excluding steroid dienone is 5. The molecule has 1 unspecified atom stereocenters.